The zero-order valence-electron chi connectivity index (χ0n) is 18.8. The molecule has 7 heteroatoms. The smallest absolute Gasteiger partial charge is 0.319 e. The SMILES string of the molecule is COc1ccc(CNC(=O)Nc2ccc3c(c2)N(C(=O)c2ccccc2)CCC3)cc1OC. The van der Waals surface area contributed by atoms with Gasteiger partial charge in [-0.1, -0.05) is 30.3 Å². The Morgan fingerprint density at radius 2 is 1.73 bits per heavy atom. The maximum atomic E-state index is 13.1. The lowest BCUT2D eigenvalue weighted by molar-refractivity contribution is 0.0985. The molecule has 0 unspecified atom stereocenters. The number of carbonyl (C=O) groups is 2. The first-order chi connectivity index (χ1) is 16.1. The van der Waals surface area contributed by atoms with E-state index >= 15 is 0 Å². The van der Waals surface area contributed by atoms with Crippen LogP contribution in [0.3, 0.4) is 0 Å². The maximum Gasteiger partial charge on any atom is 0.319 e. The van der Waals surface area contributed by atoms with Crippen LogP contribution in [-0.4, -0.2) is 32.7 Å². The van der Waals surface area contributed by atoms with Gasteiger partial charge in [0.15, 0.2) is 11.5 Å². The minimum atomic E-state index is -0.332. The third kappa shape index (κ3) is 5.09. The van der Waals surface area contributed by atoms with Gasteiger partial charge in [0.25, 0.3) is 5.91 Å². The fraction of sp³-hybridized carbons (Fsp3) is 0.231. The average molecular weight is 446 g/mol. The Kier molecular flexibility index (Phi) is 6.78. The van der Waals surface area contributed by atoms with Crippen molar-refractivity contribution in [2.45, 2.75) is 19.4 Å². The van der Waals surface area contributed by atoms with E-state index in [4.69, 9.17) is 9.47 Å². The monoisotopic (exact) mass is 445 g/mol. The lowest BCUT2D eigenvalue weighted by atomic mass is 10.00. The van der Waals surface area contributed by atoms with Gasteiger partial charge in [-0.3, -0.25) is 4.79 Å². The number of amides is 3. The van der Waals surface area contributed by atoms with E-state index in [0.29, 0.717) is 35.8 Å². The molecule has 1 aliphatic heterocycles. The number of anilines is 2. The molecule has 170 valence electrons. The van der Waals surface area contributed by atoms with Crippen molar-refractivity contribution in [1.29, 1.82) is 0 Å². The van der Waals surface area contributed by atoms with Gasteiger partial charge in [0.1, 0.15) is 0 Å². The molecule has 3 aromatic carbocycles. The first-order valence-corrected chi connectivity index (χ1v) is 10.8. The molecular weight excluding hydrogens is 418 g/mol. The minimum absolute atomic E-state index is 0.0356. The maximum absolute atomic E-state index is 13.1. The number of benzene rings is 3. The summed E-state index contributed by atoms with van der Waals surface area (Å²) in [6.07, 6.45) is 1.81. The number of aryl methyl sites for hydroxylation is 1. The van der Waals surface area contributed by atoms with Crippen LogP contribution in [0.5, 0.6) is 11.5 Å². The molecule has 3 amide bonds. The van der Waals surface area contributed by atoms with Crippen LogP contribution in [0.2, 0.25) is 0 Å². The number of fused-ring (bicyclic) bond motifs is 1. The third-order valence-corrected chi connectivity index (χ3v) is 5.63. The molecule has 0 aromatic heterocycles. The average Bonchev–Trinajstić information content (AvgIpc) is 2.87. The topological polar surface area (TPSA) is 79.9 Å². The predicted molar refractivity (Wildman–Crippen MR) is 128 cm³/mol. The van der Waals surface area contributed by atoms with Crippen LogP contribution in [-0.2, 0) is 13.0 Å². The number of rotatable bonds is 6. The second kappa shape index (κ2) is 10.1. The molecule has 1 aliphatic rings. The second-order valence-electron chi connectivity index (χ2n) is 7.77. The highest BCUT2D eigenvalue weighted by Crippen LogP contribution is 2.31. The van der Waals surface area contributed by atoms with E-state index in [1.807, 2.05) is 60.7 Å². The third-order valence-electron chi connectivity index (χ3n) is 5.63. The molecule has 0 radical (unpaired) electrons. The van der Waals surface area contributed by atoms with E-state index in [1.165, 1.54) is 0 Å². The Balaban J connectivity index is 1.44. The molecule has 0 saturated heterocycles. The number of hydrogen-bond acceptors (Lipinski definition) is 4. The number of nitrogens with zero attached hydrogens (tertiary/aromatic N) is 1. The van der Waals surface area contributed by atoms with Gasteiger partial charge in [-0.15, -0.1) is 0 Å². The molecule has 0 saturated carbocycles. The molecule has 0 aliphatic carbocycles. The highest BCUT2D eigenvalue weighted by molar-refractivity contribution is 6.07. The van der Waals surface area contributed by atoms with Gasteiger partial charge in [-0.25, -0.2) is 4.79 Å². The standard InChI is InChI=1S/C26H27N3O4/c1-32-23-13-10-18(15-24(23)33-2)17-27-26(31)28-21-12-11-19-9-6-14-29(22(19)16-21)25(30)20-7-4-3-5-8-20/h3-5,7-8,10-13,15-16H,6,9,14,17H2,1-2H3,(H2,27,28,31). The van der Waals surface area contributed by atoms with Gasteiger partial charge in [0.05, 0.1) is 14.2 Å². The normalized spacial score (nSPS) is 12.5. The lowest BCUT2D eigenvalue weighted by Crippen LogP contribution is -2.35. The van der Waals surface area contributed by atoms with Crippen LogP contribution >= 0.6 is 0 Å². The van der Waals surface area contributed by atoms with Crippen LogP contribution in [0, 0.1) is 0 Å². The molecule has 1 heterocycles. The molecule has 7 nitrogen and oxygen atoms in total. The molecule has 0 fully saturated rings. The van der Waals surface area contributed by atoms with Crippen molar-refractivity contribution >= 4 is 23.3 Å². The molecule has 33 heavy (non-hydrogen) atoms. The van der Waals surface area contributed by atoms with Crippen LogP contribution < -0.4 is 25.0 Å². The van der Waals surface area contributed by atoms with E-state index in [1.54, 1.807) is 25.2 Å². The Labute approximate surface area is 193 Å². The predicted octanol–water partition coefficient (Wildman–Crippen LogP) is 4.62. The fourth-order valence-electron chi connectivity index (χ4n) is 3.95. The Hall–Kier alpha value is -4.00. The molecule has 4 rings (SSSR count). The quantitative estimate of drug-likeness (QED) is 0.580. The molecule has 0 atom stereocenters. The molecule has 0 bridgehead atoms. The Morgan fingerprint density at radius 1 is 0.939 bits per heavy atom. The summed E-state index contributed by atoms with van der Waals surface area (Å²) in [5.41, 5.74) is 4.10. The Morgan fingerprint density at radius 3 is 2.48 bits per heavy atom. The number of methoxy groups -OCH3 is 2. The second-order valence-corrected chi connectivity index (χ2v) is 7.77. The fourth-order valence-corrected chi connectivity index (χ4v) is 3.95. The number of carbonyl (C=O) groups excluding carboxylic acids is 2. The summed E-state index contributed by atoms with van der Waals surface area (Å²) in [6.45, 7) is 0.978. The van der Waals surface area contributed by atoms with Crippen LogP contribution in [0.25, 0.3) is 0 Å². The summed E-state index contributed by atoms with van der Waals surface area (Å²) in [6, 6.07) is 20.1. The molecule has 0 spiro atoms. The summed E-state index contributed by atoms with van der Waals surface area (Å²) in [5, 5.41) is 5.72. The van der Waals surface area contributed by atoms with Crippen molar-refractivity contribution in [3.8, 4) is 11.5 Å². The molecule has 3 aromatic rings. The van der Waals surface area contributed by atoms with Gasteiger partial charge >= 0.3 is 6.03 Å². The number of urea groups is 1. The van der Waals surface area contributed by atoms with Gasteiger partial charge in [0.2, 0.25) is 0 Å². The first kappa shape index (κ1) is 22.2. The van der Waals surface area contributed by atoms with Gasteiger partial charge in [0, 0.05) is 30.0 Å². The number of nitrogens with one attached hydrogen (secondary N) is 2. The van der Waals surface area contributed by atoms with Crippen molar-refractivity contribution in [2.24, 2.45) is 0 Å². The molecule has 2 N–H and O–H groups in total. The Bertz CT molecular complexity index is 1150. The van der Waals surface area contributed by atoms with E-state index in [0.717, 1.165) is 29.7 Å². The first-order valence-electron chi connectivity index (χ1n) is 10.8. The largest absolute Gasteiger partial charge is 0.493 e. The number of ether oxygens (including phenoxy) is 2. The molecular formula is C26H27N3O4. The van der Waals surface area contributed by atoms with E-state index in [2.05, 4.69) is 10.6 Å². The zero-order chi connectivity index (χ0) is 23.2. The highest BCUT2D eigenvalue weighted by atomic mass is 16.5. The van der Waals surface area contributed by atoms with E-state index in [9.17, 15) is 9.59 Å². The summed E-state index contributed by atoms with van der Waals surface area (Å²) in [7, 11) is 3.15. The van der Waals surface area contributed by atoms with Gasteiger partial charge < -0.3 is 25.0 Å². The van der Waals surface area contributed by atoms with E-state index in [-0.39, 0.29) is 11.9 Å². The number of hydrogen-bond donors (Lipinski definition) is 2. The van der Waals surface area contributed by atoms with Crippen molar-refractivity contribution in [3.63, 3.8) is 0 Å². The van der Waals surface area contributed by atoms with Crippen LogP contribution in [0.4, 0.5) is 16.2 Å². The van der Waals surface area contributed by atoms with Crippen molar-refractivity contribution < 1.29 is 19.1 Å². The van der Waals surface area contributed by atoms with Crippen molar-refractivity contribution in [2.75, 3.05) is 31.0 Å². The van der Waals surface area contributed by atoms with Gasteiger partial charge in [-0.2, -0.15) is 0 Å². The van der Waals surface area contributed by atoms with Crippen LogP contribution in [0.15, 0.2) is 66.7 Å². The van der Waals surface area contributed by atoms with E-state index < -0.39 is 0 Å². The highest BCUT2D eigenvalue weighted by Gasteiger charge is 2.24. The summed E-state index contributed by atoms with van der Waals surface area (Å²) >= 11 is 0. The van der Waals surface area contributed by atoms with Gasteiger partial charge in [-0.05, 0) is 60.4 Å². The summed E-state index contributed by atoms with van der Waals surface area (Å²) < 4.78 is 10.6. The summed E-state index contributed by atoms with van der Waals surface area (Å²) in [4.78, 5) is 27.4. The van der Waals surface area contributed by atoms with Crippen molar-refractivity contribution in [1.82, 2.24) is 5.32 Å². The summed E-state index contributed by atoms with van der Waals surface area (Å²) in [5.74, 6) is 1.20. The lowest BCUT2D eigenvalue weighted by Gasteiger charge is -2.30. The van der Waals surface area contributed by atoms with Crippen molar-refractivity contribution in [3.05, 3.63) is 83.4 Å². The van der Waals surface area contributed by atoms with Crippen LogP contribution in [0.1, 0.15) is 27.9 Å². The minimum Gasteiger partial charge on any atom is -0.493 e. The zero-order valence-corrected chi connectivity index (χ0v) is 18.8.